The lowest BCUT2D eigenvalue weighted by atomic mass is 10.1. The topological polar surface area (TPSA) is 39.2 Å². The van der Waals surface area contributed by atoms with Crippen LogP contribution in [0.15, 0.2) is 22.6 Å². The Bertz CT molecular complexity index is 537. The smallest absolute Gasteiger partial charge is 0.134 e. The van der Waals surface area contributed by atoms with E-state index in [9.17, 15) is 0 Å². The molecule has 1 aromatic heterocycles. The molecule has 1 atom stereocenters. The third-order valence-electron chi connectivity index (χ3n) is 3.47. The molecule has 84 valence electrons. The van der Waals surface area contributed by atoms with Gasteiger partial charge in [0.25, 0.3) is 0 Å². The standard InChI is InChI=1S/C14H17NO/c1-8-5-9(2)11-7-13(16-12(11)6-8)14(15)10-3-4-10/h5-7,10,14H,3-4,15H2,1-2H3. The summed E-state index contributed by atoms with van der Waals surface area (Å²) < 4.78 is 5.87. The van der Waals surface area contributed by atoms with E-state index in [1.54, 1.807) is 0 Å². The number of hydrogen-bond acceptors (Lipinski definition) is 2. The molecule has 1 fully saturated rings. The molecule has 0 spiro atoms. The molecule has 1 saturated carbocycles. The van der Waals surface area contributed by atoms with Crippen molar-refractivity contribution in [3.63, 3.8) is 0 Å². The Kier molecular flexibility index (Phi) is 2.08. The summed E-state index contributed by atoms with van der Waals surface area (Å²) in [5.41, 5.74) is 9.65. The lowest BCUT2D eigenvalue weighted by molar-refractivity contribution is 0.467. The summed E-state index contributed by atoms with van der Waals surface area (Å²) in [5.74, 6) is 1.59. The van der Waals surface area contributed by atoms with E-state index in [0.29, 0.717) is 5.92 Å². The fourth-order valence-electron chi connectivity index (χ4n) is 2.36. The van der Waals surface area contributed by atoms with Crippen molar-refractivity contribution in [2.75, 3.05) is 0 Å². The summed E-state index contributed by atoms with van der Waals surface area (Å²) in [4.78, 5) is 0. The maximum Gasteiger partial charge on any atom is 0.134 e. The Morgan fingerprint density at radius 2 is 2.00 bits per heavy atom. The predicted octanol–water partition coefficient (Wildman–Crippen LogP) is 3.46. The second-order valence-electron chi connectivity index (χ2n) is 5.01. The summed E-state index contributed by atoms with van der Waals surface area (Å²) in [5, 5.41) is 1.21. The zero-order chi connectivity index (χ0) is 11.3. The summed E-state index contributed by atoms with van der Waals surface area (Å²) in [6.45, 7) is 4.22. The van der Waals surface area contributed by atoms with Crippen molar-refractivity contribution in [1.29, 1.82) is 0 Å². The summed E-state index contributed by atoms with van der Waals surface area (Å²) >= 11 is 0. The molecule has 1 aliphatic carbocycles. The largest absolute Gasteiger partial charge is 0.459 e. The molecule has 1 unspecified atom stereocenters. The monoisotopic (exact) mass is 215 g/mol. The Labute approximate surface area is 95.4 Å². The molecule has 16 heavy (non-hydrogen) atoms. The highest BCUT2D eigenvalue weighted by atomic mass is 16.3. The molecular weight excluding hydrogens is 198 g/mol. The van der Waals surface area contributed by atoms with Crippen LogP contribution < -0.4 is 5.73 Å². The minimum absolute atomic E-state index is 0.0899. The van der Waals surface area contributed by atoms with Gasteiger partial charge in [0, 0.05) is 5.39 Å². The van der Waals surface area contributed by atoms with Crippen LogP contribution in [0.4, 0.5) is 0 Å². The molecular formula is C14H17NO. The van der Waals surface area contributed by atoms with Crippen LogP contribution in [-0.4, -0.2) is 0 Å². The van der Waals surface area contributed by atoms with E-state index in [1.165, 1.54) is 29.4 Å². The van der Waals surface area contributed by atoms with Crippen molar-refractivity contribution in [2.45, 2.75) is 32.7 Å². The first-order chi connectivity index (χ1) is 7.65. The van der Waals surface area contributed by atoms with Crippen molar-refractivity contribution in [2.24, 2.45) is 11.7 Å². The van der Waals surface area contributed by atoms with Gasteiger partial charge in [-0.05, 0) is 55.9 Å². The summed E-state index contributed by atoms with van der Waals surface area (Å²) in [7, 11) is 0. The third kappa shape index (κ3) is 1.54. The van der Waals surface area contributed by atoms with Gasteiger partial charge in [-0.2, -0.15) is 0 Å². The van der Waals surface area contributed by atoms with Crippen molar-refractivity contribution in [3.05, 3.63) is 35.1 Å². The average Bonchev–Trinajstić information content (AvgIpc) is 2.97. The maximum absolute atomic E-state index is 6.16. The number of fused-ring (bicyclic) bond motifs is 1. The average molecular weight is 215 g/mol. The van der Waals surface area contributed by atoms with Gasteiger partial charge in [0.1, 0.15) is 11.3 Å². The Morgan fingerprint density at radius 1 is 1.25 bits per heavy atom. The zero-order valence-electron chi connectivity index (χ0n) is 9.79. The Balaban J connectivity index is 2.11. The number of furan rings is 1. The molecule has 2 heteroatoms. The SMILES string of the molecule is Cc1cc(C)c2cc(C(N)C3CC3)oc2c1. The highest BCUT2D eigenvalue weighted by Crippen LogP contribution is 2.41. The van der Waals surface area contributed by atoms with Crippen molar-refractivity contribution in [3.8, 4) is 0 Å². The van der Waals surface area contributed by atoms with Crippen LogP contribution in [-0.2, 0) is 0 Å². The minimum atomic E-state index is 0.0899. The quantitative estimate of drug-likeness (QED) is 0.833. The van der Waals surface area contributed by atoms with E-state index in [1.807, 2.05) is 0 Å². The number of rotatable bonds is 2. The van der Waals surface area contributed by atoms with Gasteiger partial charge in [-0.25, -0.2) is 0 Å². The second kappa shape index (κ2) is 3.36. The van der Waals surface area contributed by atoms with Gasteiger partial charge in [-0.15, -0.1) is 0 Å². The van der Waals surface area contributed by atoms with Crippen molar-refractivity contribution < 1.29 is 4.42 Å². The lowest BCUT2D eigenvalue weighted by Crippen LogP contribution is -2.10. The fraction of sp³-hybridized carbons (Fsp3) is 0.429. The Morgan fingerprint density at radius 3 is 2.69 bits per heavy atom. The first-order valence-electron chi connectivity index (χ1n) is 5.91. The van der Waals surface area contributed by atoms with E-state index >= 15 is 0 Å². The van der Waals surface area contributed by atoms with Gasteiger partial charge >= 0.3 is 0 Å². The first kappa shape index (κ1) is 9.91. The van der Waals surface area contributed by atoms with E-state index in [2.05, 4.69) is 32.0 Å². The van der Waals surface area contributed by atoms with Crippen LogP contribution >= 0.6 is 0 Å². The fourth-order valence-corrected chi connectivity index (χ4v) is 2.36. The molecule has 0 saturated heterocycles. The first-order valence-corrected chi connectivity index (χ1v) is 5.91. The number of nitrogens with two attached hydrogens (primary N) is 1. The van der Waals surface area contributed by atoms with Gasteiger partial charge in [-0.3, -0.25) is 0 Å². The van der Waals surface area contributed by atoms with Crippen LogP contribution in [0.2, 0.25) is 0 Å². The molecule has 1 aromatic carbocycles. The number of aryl methyl sites for hydroxylation is 2. The number of hydrogen-bond donors (Lipinski definition) is 1. The van der Waals surface area contributed by atoms with E-state index in [0.717, 1.165) is 11.3 Å². The van der Waals surface area contributed by atoms with E-state index in [-0.39, 0.29) is 6.04 Å². The zero-order valence-corrected chi connectivity index (χ0v) is 9.79. The highest BCUT2D eigenvalue weighted by Gasteiger charge is 2.31. The molecule has 0 amide bonds. The van der Waals surface area contributed by atoms with Crippen molar-refractivity contribution in [1.82, 2.24) is 0 Å². The second-order valence-corrected chi connectivity index (χ2v) is 5.01. The summed E-state index contributed by atoms with van der Waals surface area (Å²) in [6.07, 6.45) is 2.49. The molecule has 2 N–H and O–H groups in total. The third-order valence-corrected chi connectivity index (χ3v) is 3.47. The normalized spacial score (nSPS) is 17.9. The van der Waals surface area contributed by atoms with Crippen LogP contribution in [0.3, 0.4) is 0 Å². The van der Waals surface area contributed by atoms with E-state index < -0.39 is 0 Å². The van der Waals surface area contributed by atoms with Crippen LogP contribution in [0.5, 0.6) is 0 Å². The van der Waals surface area contributed by atoms with Gasteiger partial charge in [-0.1, -0.05) is 6.07 Å². The number of benzene rings is 1. The molecule has 1 heterocycles. The van der Waals surface area contributed by atoms with Gasteiger partial charge < -0.3 is 10.2 Å². The molecule has 1 aliphatic rings. The molecule has 0 aliphatic heterocycles. The van der Waals surface area contributed by atoms with Crippen LogP contribution in [0, 0.1) is 19.8 Å². The maximum atomic E-state index is 6.16. The van der Waals surface area contributed by atoms with E-state index in [4.69, 9.17) is 10.2 Å². The predicted molar refractivity (Wildman–Crippen MR) is 65.3 cm³/mol. The Hall–Kier alpha value is -1.28. The minimum Gasteiger partial charge on any atom is -0.459 e. The molecule has 2 aromatic rings. The summed E-state index contributed by atoms with van der Waals surface area (Å²) in [6, 6.07) is 6.48. The molecule has 2 nitrogen and oxygen atoms in total. The van der Waals surface area contributed by atoms with Gasteiger partial charge in [0.05, 0.1) is 6.04 Å². The molecule has 0 bridgehead atoms. The van der Waals surface area contributed by atoms with Crippen molar-refractivity contribution >= 4 is 11.0 Å². The highest BCUT2D eigenvalue weighted by molar-refractivity contribution is 5.82. The van der Waals surface area contributed by atoms with Crippen LogP contribution in [0.25, 0.3) is 11.0 Å². The van der Waals surface area contributed by atoms with Gasteiger partial charge in [0.2, 0.25) is 0 Å². The van der Waals surface area contributed by atoms with Crippen LogP contribution in [0.1, 0.15) is 35.8 Å². The molecule has 0 radical (unpaired) electrons. The lowest BCUT2D eigenvalue weighted by Gasteiger charge is -2.04. The molecule has 3 rings (SSSR count). The van der Waals surface area contributed by atoms with Gasteiger partial charge in [0.15, 0.2) is 0 Å².